The van der Waals surface area contributed by atoms with Gasteiger partial charge in [-0.25, -0.2) is 9.59 Å². The van der Waals surface area contributed by atoms with Crippen molar-refractivity contribution >= 4 is 38.0 Å². The SMILES string of the molecule is C.C.C=CCC1(C(C)=O)CC(CCB2OC(C)(C)C(C)(C)O2)CCN1C(=O)OC(C)(C)C.CC(=O)C1CC(CCB2OC(C)(C)C(C)(C)O2)CCN1C(=O)OC(C)(C)C. The van der Waals surface area contributed by atoms with Crippen LogP contribution >= 0.6 is 0 Å². The lowest BCUT2D eigenvalue weighted by Gasteiger charge is -2.48. The van der Waals surface area contributed by atoms with Crippen LogP contribution in [-0.2, 0) is 37.7 Å². The zero-order valence-electron chi connectivity index (χ0n) is 38.4. The molecule has 59 heavy (non-hydrogen) atoms. The fraction of sp³-hybridized carbons (Fsp3) is 0.867. The summed E-state index contributed by atoms with van der Waals surface area (Å²) in [6, 6.07) is -0.406. The van der Waals surface area contributed by atoms with Crippen LogP contribution in [0.2, 0.25) is 12.6 Å². The molecule has 0 spiro atoms. The molecule has 4 atom stereocenters. The average molecular weight is 835 g/mol. The van der Waals surface area contributed by atoms with E-state index in [0.29, 0.717) is 44.2 Å². The number of hydrogen-bond acceptors (Lipinski definition) is 10. The summed E-state index contributed by atoms with van der Waals surface area (Å²) in [5.74, 6) is 0.665. The van der Waals surface area contributed by atoms with E-state index >= 15 is 0 Å². The van der Waals surface area contributed by atoms with Crippen LogP contribution in [0.3, 0.4) is 0 Å². The van der Waals surface area contributed by atoms with Gasteiger partial charge < -0.3 is 28.1 Å². The highest BCUT2D eigenvalue weighted by Crippen LogP contribution is 2.43. The van der Waals surface area contributed by atoms with E-state index in [0.717, 1.165) is 38.3 Å². The summed E-state index contributed by atoms with van der Waals surface area (Å²) in [7, 11) is -0.459. The van der Waals surface area contributed by atoms with Gasteiger partial charge in [0.15, 0.2) is 11.6 Å². The molecule has 2 amide bonds. The minimum absolute atomic E-state index is 0. The lowest BCUT2D eigenvalue weighted by molar-refractivity contribution is -0.132. The molecule has 4 rings (SSSR count). The molecule has 4 unspecified atom stereocenters. The molecule has 0 aromatic rings. The van der Waals surface area contributed by atoms with E-state index in [4.69, 9.17) is 28.1 Å². The maximum absolute atomic E-state index is 12.9. The molecule has 0 N–H and O–H groups in total. The van der Waals surface area contributed by atoms with E-state index in [9.17, 15) is 19.2 Å². The number of ether oxygens (including phenoxy) is 2. The average Bonchev–Trinajstić information content (AvgIpc) is 3.39. The van der Waals surface area contributed by atoms with Crippen molar-refractivity contribution < 1.29 is 47.3 Å². The zero-order chi connectivity index (χ0) is 43.6. The van der Waals surface area contributed by atoms with Gasteiger partial charge in [0.25, 0.3) is 0 Å². The quantitative estimate of drug-likeness (QED) is 0.155. The Balaban J connectivity index is 0.000000573. The highest BCUT2D eigenvalue weighted by Gasteiger charge is 2.53. The smallest absolute Gasteiger partial charge is 0.444 e. The lowest BCUT2D eigenvalue weighted by Crippen LogP contribution is -2.61. The Morgan fingerprint density at radius 3 is 1.49 bits per heavy atom. The molecule has 4 saturated heterocycles. The van der Waals surface area contributed by atoms with Crippen LogP contribution in [0.4, 0.5) is 9.59 Å². The first kappa shape index (κ1) is 54.6. The predicted octanol–water partition coefficient (Wildman–Crippen LogP) is 10.4. The first-order valence-electron chi connectivity index (χ1n) is 21.2. The van der Waals surface area contributed by atoms with Crippen LogP contribution in [0.1, 0.15) is 171 Å². The fourth-order valence-electron chi connectivity index (χ4n) is 8.09. The van der Waals surface area contributed by atoms with Crippen molar-refractivity contribution in [2.45, 2.75) is 228 Å². The topological polar surface area (TPSA) is 130 Å². The lowest BCUT2D eigenvalue weighted by atomic mass is 9.71. The highest BCUT2D eigenvalue weighted by atomic mass is 16.7. The monoisotopic (exact) mass is 835 g/mol. The first-order valence-corrected chi connectivity index (χ1v) is 21.2. The van der Waals surface area contributed by atoms with Crippen molar-refractivity contribution in [3.63, 3.8) is 0 Å². The van der Waals surface area contributed by atoms with Gasteiger partial charge in [-0.3, -0.25) is 19.4 Å². The third-order valence-electron chi connectivity index (χ3n) is 12.7. The van der Waals surface area contributed by atoms with Crippen molar-refractivity contribution in [3.05, 3.63) is 12.7 Å². The van der Waals surface area contributed by atoms with Crippen LogP contribution < -0.4 is 0 Å². The first-order chi connectivity index (χ1) is 25.9. The number of nitrogens with zero attached hydrogens (tertiary/aromatic N) is 2. The van der Waals surface area contributed by atoms with Gasteiger partial charge in [0, 0.05) is 13.1 Å². The van der Waals surface area contributed by atoms with Crippen molar-refractivity contribution in [3.8, 4) is 0 Å². The number of likely N-dealkylation sites (tertiary alicyclic amines) is 2. The molecule has 0 saturated carbocycles. The number of ketones is 2. The Kier molecular flexibility index (Phi) is 18.7. The highest BCUT2D eigenvalue weighted by molar-refractivity contribution is 6.45. The van der Waals surface area contributed by atoms with Crippen molar-refractivity contribution in [1.82, 2.24) is 9.80 Å². The van der Waals surface area contributed by atoms with Gasteiger partial charge in [-0.1, -0.05) is 33.8 Å². The van der Waals surface area contributed by atoms with Gasteiger partial charge in [-0.05, 0) is 167 Å². The summed E-state index contributed by atoms with van der Waals surface area (Å²) >= 11 is 0. The van der Waals surface area contributed by atoms with Crippen molar-refractivity contribution in [2.75, 3.05) is 13.1 Å². The van der Waals surface area contributed by atoms with Crippen LogP contribution in [0.15, 0.2) is 12.7 Å². The van der Waals surface area contributed by atoms with Gasteiger partial charge >= 0.3 is 26.4 Å². The molecule has 0 radical (unpaired) electrons. The van der Waals surface area contributed by atoms with Crippen LogP contribution in [0.5, 0.6) is 0 Å². The molecule has 0 bridgehead atoms. The number of carbonyl (C=O) groups is 4. The molecule has 0 aliphatic carbocycles. The Labute approximate surface area is 360 Å². The van der Waals surface area contributed by atoms with Crippen LogP contribution in [0.25, 0.3) is 0 Å². The van der Waals surface area contributed by atoms with Gasteiger partial charge in [0.1, 0.15) is 16.7 Å². The van der Waals surface area contributed by atoms with E-state index < -0.39 is 35.0 Å². The summed E-state index contributed by atoms with van der Waals surface area (Å²) in [4.78, 5) is 53.6. The largest absolute Gasteiger partial charge is 0.457 e. The molecule has 4 aliphatic rings. The zero-order valence-corrected chi connectivity index (χ0v) is 38.4. The Hall–Kier alpha value is -2.41. The third kappa shape index (κ3) is 14.1. The molecular weight excluding hydrogens is 750 g/mol. The molecule has 4 aliphatic heterocycles. The van der Waals surface area contributed by atoms with E-state index in [1.807, 2.05) is 41.5 Å². The Bertz CT molecular complexity index is 1420. The van der Waals surface area contributed by atoms with Gasteiger partial charge in [0.2, 0.25) is 0 Å². The normalized spacial score (nSPS) is 27.0. The molecular formula is C45H84B2N2O10. The van der Waals surface area contributed by atoms with Gasteiger partial charge in [-0.15, -0.1) is 6.58 Å². The minimum Gasteiger partial charge on any atom is -0.444 e. The molecule has 12 nitrogen and oxygen atoms in total. The second-order valence-corrected chi connectivity index (χ2v) is 20.8. The molecule has 14 heteroatoms. The molecule has 4 fully saturated rings. The molecule has 340 valence electrons. The van der Waals surface area contributed by atoms with Crippen molar-refractivity contribution in [1.29, 1.82) is 0 Å². The fourth-order valence-corrected chi connectivity index (χ4v) is 8.09. The van der Waals surface area contributed by atoms with E-state index in [1.54, 1.807) is 29.7 Å². The summed E-state index contributed by atoms with van der Waals surface area (Å²) in [6.45, 7) is 35.5. The van der Waals surface area contributed by atoms with E-state index in [-0.39, 0.29) is 63.1 Å². The number of piperidine rings is 2. The maximum atomic E-state index is 12.9. The number of rotatable bonds is 10. The predicted molar refractivity (Wildman–Crippen MR) is 238 cm³/mol. The third-order valence-corrected chi connectivity index (χ3v) is 12.7. The Morgan fingerprint density at radius 1 is 0.695 bits per heavy atom. The van der Waals surface area contributed by atoms with E-state index in [1.165, 1.54) is 0 Å². The van der Waals surface area contributed by atoms with Crippen LogP contribution in [0, 0.1) is 11.8 Å². The molecule has 4 heterocycles. The maximum Gasteiger partial charge on any atom is 0.457 e. The number of amides is 2. The summed E-state index contributed by atoms with van der Waals surface area (Å²) in [5.41, 5.74) is -3.40. The van der Waals surface area contributed by atoms with E-state index in [2.05, 4.69) is 62.0 Å². The second kappa shape index (κ2) is 20.2. The minimum atomic E-state index is -0.900. The van der Waals surface area contributed by atoms with Crippen molar-refractivity contribution in [2.24, 2.45) is 11.8 Å². The van der Waals surface area contributed by atoms with Gasteiger partial charge in [-0.2, -0.15) is 0 Å². The summed E-state index contributed by atoms with van der Waals surface area (Å²) < 4.78 is 35.5. The number of hydrogen-bond donors (Lipinski definition) is 0. The second-order valence-electron chi connectivity index (χ2n) is 20.8. The van der Waals surface area contributed by atoms with Crippen LogP contribution in [-0.4, -0.2) is 106 Å². The molecule has 0 aromatic heterocycles. The molecule has 0 aromatic carbocycles. The standard InChI is InChI=1S/C23H40BNO5.C20H36BNO5.2CH4/c1-10-13-23(17(2)26)16-18(12-15-25(23)19(27)28-20(3,4)5)11-14-24-29-21(6,7)22(8,9)30-24;1-14(23)16-13-15(10-12-22(16)17(24)25-18(2,3)4)9-11-21-26-19(5,6)20(7,8)27-21;;/h10,18H,1,11-16H2,2-9H3;15-16H,9-13H2,1-8H3;2*1H4. The number of Topliss-reactive ketones (excluding diaryl/α,β-unsaturated/α-hetero) is 2. The van der Waals surface area contributed by atoms with Gasteiger partial charge in [0.05, 0.1) is 28.4 Å². The summed E-state index contributed by atoms with van der Waals surface area (Å²) in [6.07, 6.45) is 7.67. The Morgan fingerprint density at radius 2 is 1.10 bits per heavy atom. The number of carbonyl (C=O) groups excluding carboxylic acids is 4. The summed E-state index contributed by atoms with van der Waals surface area (Å²) in [5, 5.41) is 0.